The van der Waals surface area contributed by atoms with Gasteiger partial charge >= 0.3 is 0 Å². The summed E-state index contributed by atoms with van der Waals surface area (Å²) in [7, 11) is -3.20. The van der Waals surface area contributed by atoms with Crippen LogP contribution < -0.4 is 5.73 Å². The van der Waals surface area contributed by atoms with Crippen LogP contribution in [0.2, 0.25) is 0 Å². The summed E-state index contributed by atoms with van der Waals surface area (Å²) in [5.41, 5.74) is 6.39. The maximum atomic E-state index is 12.2. The van der Waals surface area contributed by atoms with E-state index in [-0.39, 0.29) is 11.9 Å². The first-order valence-corrected chi connectivity index (χ1v) is 9.14. The van der Waals surface area contributed by atoms with Gasteiger partial charge in [-0.2, -0.15) is 4.31 Å². The summed E-state index contributed by atoms with van der Waals surface area (Å²) in [5, 5.41) is 0. The summed E-state index contributed by atoms with van der Waals surface area (Å²) in [6.45, 7) is 3.27. The van der Waals surface area contributed by atoms with Gasteiger partial charge in [-0.25, -0.2) is 8.42 Å². The number of rotatable bonds is 5. The lowest BCUT2D eigenvalue weighted by Crippen LogP contribution is -2.45. The van der Waals surface area contributed by atoms with E-state index >= 15 is 0 Å². The monoisotopic (exact) mass is 316 g/mol. The summed E-state index contributed by atoms with van der Waals surface area (Å²) in [5.74, 6) is 0.663. The van der Waals surface area contributed by atoms with Crippen LogP contribution in [0.25, 0.3) is 0 Å². The number of ether oxygens (including phenoxy) is 1. The molecule has 2 rings (SSSR count). The predicted molar refractivity (Wildman–Crippen MR) is 82.4 cm³/mol. The average molecular weight is 316 g/mol. The minimum absolute atomic E-state index is 0.0277. The fourth-order valence-electron chi connectivity index (χ4n) is 2.04. The molecule has 1 atom stereocenters. The Morgan fingerprint density at radius 3 is 3.00 bits per heavy atom. The molecule has 0 amide bonds. The van der Waals surface area contributed by atoms with Crippen LogP contribution in [-0.4, -0.2) is 50.0 Å². The number of benzene rings is 1. The number of hydrogen-bond donors (Lipinski definition) is 1. The molecule has 2 N–H and O–H groups in total. The van der Waals surface area contributed by atoms with Crippen molar-refractivity contribution in [3.05, 3.63) is 24.3 Å². The third-order valence-corrected chi connectivity index (χ3v) is 6.16. The van der Waals surface area contributed by atoms with Crippen LogP contribution >= 0.6 is 11.8 Å². The highest BCUT2D eigenvalue weighted by Gasteiger charge is 2.27. The number of nitrogens with two attached hydrogens (primary N) is 1. The second kappa shape index (κ2) is 6.80. The summed E-state index contributed by atoms with van der Waals surface area (Å²) < 4.78 is 31.3. The molecular weight excluding hydrogens is 296 g/mol. The summed E-state index contributed by atoms with van der Waals surface area (Å²) in [6.07, 6.45) is -0.0277. The largest absolute Gasteiger partial charge is 0.399 e. The van der Waals surface area contributed by atoms with E-state index in [2.05, 4.69) is 0 Å². The fourth-order valence-corrected chi connectivity index (χ4v) is 4.89. The molecule has 1 saturated heterocycles. The highest BCUT2D eigenvalue weighted by Crippen LogP contribution is 2.21. The minimum atomic E-state index is -3.20. The molecule has 0 spiro atoms. The topological polar surface area (TPSA) is 72.6 Å². The van der Waals surface area contributed by atoms with Crippen LogP contribution in [0.3, 0.4) is 0 Å². The normalized spacial score (nSPS) is 20.9. The van der Waals surface area contributed by atoms with Crippen molar-refractivity contribution in [2.24, 2.45) is 0 Å². The quantitative estimate of drug-likeness (QED) is 0.657. The second-order valence-electron chi connectivity index (χ2n) is 4.78. The number of morpholine rings is 1. The molecule has 0 radical (unpaired) electrons. The van der Waals surface area contributed by atoms with Gasteiger partial charge in [-0.1, -0.05) is 6.07 Å². The summed E-state index contributed by atoms with van der Waals surface area (Å²) in [4.78, 5) is 0.996. The van der Waals surface area contributed by atoms with Crippen molar-refractivity contribution >= 4 is 27.5 Å². The third-order valence-electron chi connectivity index (χ3n) is 3.07. The number of hydrogen-bond acceptors (Lipinski definition) is 5. The van der Waals surface area contributed by atoms with Crippen LogP contribution in [0, 0.1) is 0 Å². The zero-order chi connectivity index (χ0) is 14.6. The van der Waals surface area contributed by atoms with Crippen LogP contribution in [0.5, 0.6) is 0 Å². The summed E-state index contributed by atoms with van der Waals surface area (Å²) in [6, 6.07) is 7.48. The molecule has 112 valence electrons. The van der Waals surface area contributed by atoms with E-state index in [0.717, 1.165) is 4.90 Å². The van der Waals surface area contributed by atoms with Crippen molar-refractivity contribution in [1.29, 1.82) is 0 Å². The first kappa shape index (κ1) is 15.6. The van der Waals surface area contributed by atoms with Gasteiger partial charge in [0.1, 0.15) is 0 Å². The van der Waals surface area contributed by atoms with Crippen molar-refractivity contribution in [3.63, 3.8) is 0 Å². The molecule has 0 aromatic heterocycles. The van der Waals surface area contributed by atoms with Crippen molar-refractivity contribution in [2.75, 3.05) is 36.9 Å². The molecule has 20 heavy (non-hydrogen) atoms. The maximum Gasteiger partial charge on any atom is 0.215 e. The maximum absolute atomic E-state index is 12.2. The Hall–Kier alpha value is -0.760. The molecule has 1 aromatic rings. The molecule has 1 heterocycles. The number of anilines is 1. The van der Waals surface area contributed by atoms with Crippen LogP contribution in [0.15, 0.2) is 29.2 Å². The third kappa shape index (κ3) is 4.37. The van der Waals surface area contributed by atoms with E-state index < -0.39 is 10.0 Å². The van der Waals surface area contributed by atoms with Crippen molar-refractivity contribution < 1.29 is 13.2 Å². The van der Waals surface area contributed by atoms with Gasteiger partial charge in [-0.15, -0.1) is 11.8 Å². The van der Waals surface area contributed by atoms with Gasteiger partial charge in [0.15, 0.2) is 0 Å². The Bertz CT molecular complexity index is 548. The Kier molecular flexibility index (Phi) is 5.31. The minimum Gasteiger partial charge on any atom is -0.399 e. The van der Waals surface area contributed by atoms with Gasteiger partial charge < -0.3 is 10.5 Å². The number of sulfonamides is 1. The van der Waals surface area contributed by atoms with Crippen molar-refractivity contribution in [1.82, 2.24) is 4.31 Å². The van der Waals surface area contributed by atoms with E-state index in [9.17, 15) is 8.42 Å². The highest BCUT2D eigenvalue weighted by atomic mass is 32.2. The lowest BCUT2D eigenvalue weighted by Gasteiger charge is -2.30. The Morgan fingerprint density at radius 2 is 2.30 bits per heavy atom. The van der Waals surface area contributed by atoms with E-state index in [1.807, 2.05) is 31.2 Å². The Labute approximate surface area is 124 Å². The van der Waals surface area contributed by atoms with Gasteiger partial charge in [0.25, 0.3) is 0 Å². The van der Waals surface area contributed by atoms with E-state index in [0.29, 0.717) is 31.1 Å². The van der Waals surface area contributed by atoms with Gasteiger partial charge in [0.2, 0.25) is 10.0 Å². The fraction of sp³-hybridized carbons (Fsp3) is 0.538. The lowest BCUT2D eigenvalue weighted by molar-refractivity contribution is 0.0102. The number of thioether (sulfide) groups is 1. The van der Waals surface area contributed by atoms with Gasteiger partial charge in [0, 0.05) is 29.4 Å². The zero-order valence-electron chi connectivity index (χ0n) is 11.5. The van der Waals surface area contributed by atoms with Crippen LogP contribution in [0.4, 0.5) is 5.69 Å². The molecule has 0 aliphatic carbocycles. The second-order valence-corrected chi connectivity index (χ2v) is 8.03. The molecule has 5 nitrogen and oxygen atoms in total. The molecule has 1 aliphatic rings. The molecule has 1 aromatic carbocycles. The standard InChI is InChI=1S/C13H20N2O3S2/c1-11-10-15(5-6-18-11)20(16,17)8-7-19-13-4-2-3-12(14)9-13/h2-4,9,11H,5-8,10,14H2,1H3. The smallest absolute Gasteiger partial charge is 0.215 e. The number of nitrogens with zero attached hydrogens (tertiary/aromatic N) is 1. The predicted octanol–water partition coefficient (Wildman–Crippen LogP) is 1.41. The SMILES string of the molecule is CC1CN(S(=O)(=O)CCSc2cccc(N)c2)CCO1. The van der Waals surface area contributed by atoms with E-state index in [1.165, 1.54) is 16.1 Å². The average Bonchev–Trinajstić information content (AvgIpc) is 2.38. The van der Waals surface area contributed by atoms with E-state index in [4.69, 9.17) is 10.5 Å². The van der Waals surface area contributed by atoms with Gasteiger partial charge in [0.05, 0.1) is 18.5 Å². The van der Waals surface area contributed by atoms with Gasteiger partial charge in [-0.05, 0) is 25.1 Å². The highest BCUT2D eigenvalue weighted by molar-refractivity contribution is 8.00. The number of nitrogen functional groups attached to an aromatic ring is 1. The zero-order valence-corrected chi connectivity index (χ0v) is 13.1. The first-order chi connectivity index (χ1) is 9.47. The lowest BCUT2D eigenvalue weighted by atomic mass is 10.3. The Morgan fingerprint density at radius 1 is 1.50 bits per heavy atom. The Balaban J connectivity index is 1.86. The molecular formula is C13H20N2O3S2. The molecule has 0 bridgehead atoms. The molecule has 7 heteroatoms. The van der Waals surface area contributed by atoms with Crippen LogP contribution in [-0.2, 0) is 14.8 Å². The molecule has 1 aliphatic heterocycles. The summed E-state index contributed by atoms with van der Waals surface area (Å²) >= 11 is 1.51. The molecule has 1 unspecified atom stereocenters. The van der Waals surface area contributed by atoms with Crippen molar-refractivity contribution in [2.45, 2.75) is 17.9 Å². The molecule has 1 fully saturated rings. The van der Waals surface area contributed by atoms with E-state index in [1.54, 1.807) is 0 Å². The first-order valence-electron chi connectivity index (χ1n) is 6.55. The van der Waals surface area contributed by atoms with Crippen LogP contribution in [0.1, 0.15) is 6.92 Å². The van der Waals surface area contributed by atoms with Crippen molar-refractivity contribution in [3.8, 4) is 0 Å². The molecule has 0 saturated carbocycles. The van der Waals surface area contributed by atoms with Gasteiger partial charge in [-0.3, -0.25) is 0 Å².